The van der Waals surface area contributed by atoms with Crippen LogP contribution < -0.4 is 4.74 Å². The molecule has 0 aliphatic rings. The monoisotopic (exact) mass is 288 g/mol. The molecule has 112 valence electrons. The summed E-state index contributed by atoms with van der Waals surface area (Å²) in [7, 11) is 0. The standard InChI is InChI=1S/C18H21FO2/c1-14-7-6-9-16(11-14)20-13-18(2,3)21-12-15-8-4-5-10-17(15)19/h4-11H,12-13H2,1-3H3. The maximum atomic E-state index is 13.5. The normalized spacial score (nSPS) is 11.4. The Bertz CT molecular complexity index is 593. The molecule has 21 heavy (non-hydrogen) atoms. The molecule has 2 aromatic rings. The predicted octanol–water partition coefficient (Wildman–Crippen LogP) is 4.51. The van der Waals surface area contributed by atoms with E-state index in [2.05, 4.69) is 0 Å². The molecule has 2 rings (SSSR count). The van der Waals surface area contributed by atoms with E-state index in [9.17, 15) is 4.39 Å². The van der Waals surface area contributed by atoms with Gasteiger partial charge < -0.3 is 9.47 Å². The lowest BCUT2D eigenvalue weighted by Gasteiger charge is -2.25. The van der Waals surface area contributed by atoms with E-state index in [-0.39, 0.29) is 12.4 Å². The number of hydrogen-bond acceptors (Lipinski definition) is 2. The average molecular weight is 288 g/mol. The summed E-state index contributed by atoms with van der Waals surface area (Å²) in [5, 5.41) is 0. The molecule has 2 nitrogen and oxygen atoms in total. The van der Waals surface area contributed by atoms with Gasteiger partial charge in [0, 0.05) is 5.56 Å². The van der Waals surface area contributed by atoms with Crippen LogP contribution in [-0.4, -0.2) is 12.2 Å². The van der Waals surface area contributed by atoms with Gasteiger partial charge in [0.2, 0.25) is 0 Å². The molecule has 0 spiro atoms. The van der Waals surface area contributed by atoms with Crippen molar-refractivity contribution in [1.82, 2.24) is 0 Å². The minimum Gasteiger partial charge on any atom is -0.491 e. The van der Waals surface area contributed by atoms with Crippen molar-refractivity contribution in [1.29, 1.82) is 0 Å². The van der Waals surface area contributed by atoms with E-state index >= 15 is 0 Å². The third-order valence-electron chi connectivity index (χ3n) is 3.15. The number of hydrogen-bond donors (Lipinski definition) is 0. The molecule has 2 aromatic carbocycles. The molecule has 0 atom stereocenters. The smallest absolute Gasteiger partial charge is 0.128 e. The topological polar surface area (TPSA) is 18.5 Å². The fraction of sp³-hybridized carbons (Fsp3) is 0.333. The first-order valence-corrected chi connectivity index (χ1v) is 7.03. The molecule has 0 amide bonds. The van der Waals surface area contributed by atoms with Crippen molar-refractivity contribution in [3.63, 3.8) is 0 Å². The van der Waals surface area contributed by atoms with Crippen molar-refractivity contribution in [3.8, 4) is 5.75 Å². The second-order valence-corrected chi connectivity index (χ2v) is 5.74. The molecule has 0 unspecified atom stereocenters. The van der Waals surface area contributed by atoms with Gasteiger partial charge >= 0.3 is 0 Å². The van der Waals surface area contributed by atoms with Crippen LogP contribution in [0.3, 0.4) is 0 Å². The lowest BCUT2D eigenvalue weighted by atomic mass is 10.1. The summed E-state index contributed by atoms with van der Waals surface area (Å²) in [6.07, 6.45) is 0. The highest BCUT2D eigenvalue weighted by Crippen LogP contribution is 2.18. The quantitative estimate of drug-likeness (QED) is 0.778. The number of ether oxygens (including phenoxy) is 2. The van der Waals surface area contributed by atoms with Crippen molar-refractivity contribution in [2.45, 2.75) is 33.0 Å². The van der Waals surface area contributed by atoms with Crippen molar-refractivity contribution in [2.24, 2.45) is 0 Å². The van der Waals surface area contributed by atoms with Gasteiger partial charge in [-0.15, -0.1) is 0 Å². The maximum absolute atomic E-state index is 13.5. The zero-order valence-electron chi connectivity index (χ0n) is 12.7. The molecular formula is C18H21FO2. The molecule has 0 aliphatic heterocycles. The molecule has 0 saturated heterocycles. The van der Waals surface area contributed by atoms with E-state index in [1.54, 1.807) is 18.2 Å². The van der Waals surface area contributed by atoms with Crippen LogP contribution in [-0.2, 0) is 11.3 Å². The average Bonchev–Trinajstić information content (AvgIpc) is 2.45. The number of benzene rings is 2. The first-order valence-electron chi connectivity index (χ1n) is 7.03. The number of halogens is 1. The Kier molecular flexibility index (Phi) is 4.97. The SMILES string of the molecule is Cc1cccc(OCC(C)(C)OCc2ccccc2F)c1. The minimum absolute atomic E-state index is 0.233. The second-order valence-electron chi connectivity index (χ2n) is 5.74. The molecule has 3 heteroatoms. The molecular weight excluding hydrogens is 267 g/mol. The second kappa shape index (κ2) is 6.72. The zero-order chi connectivity index (χ0) is 15.3. The van der Waals surface area contributed by atoms with E-state index in [0.717, 1.165) is 11.3 Å². The fourth-order valence-electron chi connectivity index (χ4n) is 1.89. The minimum atomic E-state index is -0.494. The van der Waals surface area contributed by atoms with Gasteiger partial charge in [-0.25, -0.2) is 4.39 Å². The first kappa shape index (κ1) is 15.5. The number of rotatable bonds is 6. The highest BCUT2D eigenvalue weighted by molar-refractivity contribution is 5.27. The zero-order valence-corrected chi connectivity index (χ0v) is 12.7. The van der Waals surface area contributed by atoms with Crippen LogP contribution in [0.4, 0.5) is 4.39 Å². The highest BCUT2D eigenvalue weighted by atomic mass is 19.1. The van der Waals surface area contributed by atoms with E-state index in [0.29, 0.717) is 12.2 Å². The van der Waals surface area contributed by atoms with Gasteiger partial charge in [-0.3, -0.25) is 0 Å². The molecule has 0 aliphatic carbocycles. The summed E-state index contributed by atoms with van der Waals surface area (Å²) in [4.78, 5) is 0. The lowest BCUT2D eigenvalue weighted by Crippen LogP contribution is -2.32. The molecule has 0 aromatic heterocycles. The van der Waals surface area contributed by atoms with E-state index in [4.69, 9.17) is 9.47 Å². The number of aryl methyl sites for hydroxylation is 1. The van der Waals surface area contributed by atoms with Crippen molar-refractivity contribution in [2.75, 3.05) is 6.61 Å². The Balaban J connectivity index is 1.88. The third kappa shape index (κ3) is 4.87. The summed E-state index contributed by atoms with van der Waals surface area (Å²) in [6, 6.07) is 14.5. The van der Waals surface area contributed by atoms with Gasteiger partial charge in [-0.2, -0.15) is 0 Å². The largest absolute Gasteiger partial charge is 0.491 e. The van der Waals surface area contributed by atoms with Crippen LogP contribution in [0.25, 0.3) is 0 Å². The maximum Gasteiger partial charge on any atom is 0.128 e. The van der Waals surface area contributed by atoms with Crippen LogP contribution in [0.15, 0.2) is 48.5 Å². The molecule has 0 heterocycles. The van der Waals surface area contributed by atoms with E-state index in [1.165, 1.54) is 6.07 Å². The van der Waals surface area contributed by atoms with Crippen LogP contribution in [0, 0.1) is 12.7 Å². The molecule has 0 N–H and O–H groups in total. The molecule has 0 radical (unpaired) electrons. The van der Waals surface area contributed by atoms with Gasteiger partial charge in [-0.1, -0.05) is 30.3 Å². The molecule has 0 saturated carbocycles. The van der Waals surface area contributed by atoms with Crippen molar-refractivity contribution in [3.05, 3.63) is 65.5 Å². The Hall–Kier alpha value is -1.87. The van der Waals surface area contributed by atoms with Gasteiger partial charge in [-0.05, 0) is 44.5 Å². The van der Waals surface area contributed by atoms with Gasteiger partial charge in [0.15, 0.2) is 0 Å². The Labute approximate surface area is 125 Å². The summed E-state index contributed by atoms with van der Waals surface area (Å²) >= 11 is 0. The van der Waals surface area contributed by atoms with E-state index < -0.39 is 5.60 Å². The Morgan fingerprint density at radius 3 is 2.52 bits per heavy atom. The summed E-state index contributed by atoms with van der Waals surface area (Å²) < 4.78 is 25.1. The van der Waals surface area contributed by atoms with Crippen molar-refractivity contribution >= 4 is 0 Å². The van der Waals surface area contributed by atoms with Crippen LogP contribution in [0.1, 0.15) is 25.0 Å². The van der Waals surface area contributed by atoms with Crippen LogP contribution >= 0.6 is 0 Å². The summed E-state index contributed by atoms with van der Waals surface area (Å²) in [5.74, 6) is 0.575. The highest BCUT2D eigenvalue weighted by Gasteiger charge is 2.20. The van der Waals surface area contributed by atoms with Crippen LogP contribution in [0.2, 0.25) is 0 Å². The lowest BCUT2D eigenvalue weighted by molar-refractivity contribution is -0.0578. The van der Waals surface area contributed by atoms with Gasteiger partial charge in [0.05, 0.1) is 12.2 Å². The Morgan fingerprint density at radius 2 is 1.81 bits per heavy atom. The fourth-order valence-corrected chi connectivity index (χ4v) is 1.89. The molecule has 0 bridgehead atoms. The summed E-state index contributed by atoms with van der Waals surface area (Å²) in [5.41, 5.74) is 1.21. The predicted molar refractivity (Wildman–Crippen MR) is 81.9 cm³/mol. The Morgan fingerprint density at radius 1 is 1.05 bits per heavy atom. The van der Waals surface area contributed by atoms with Gasteiger partial charge in [0.1, 0.15) is 18.2 Å². The first-order chi connectivity index (χ1) is 9.96. The third-order valence-corrected chi connectivity index (χ3v) is 3.15. The van der Waals surface area contributed by atoms with E-state index in [1.807, 2.05) is 45.0 Å². The van der Waals surface area contributed by atoms with Crippen LogP contribution in [0.5, 0.6) is 5.75 Å². The van der Waals surface area contributed by atoms with Gasteiger partial charge in [0.25, 0.3) is 0 Å². The summed E-state index contributed by atoms with van der Waals surface area (Å²) in [6.45, 7) is 6.53. The molecule has 0 fully saturated rings. The van der Waals surface area contributed by atoms with Crippen molar-refractivity contribution < 1.29 is 13.9 Å².